The van der Waals surface area contributed by atoms with E-state index in [2.05, 4.69) is 10.3 Å². The Morgan fingerprint density at radius 3 is 2.39 bits per heavy atom. The van der Waals surface area contributed by atoms with Crippen LogP contribution in [0.5, 0.6) is 11.5 Å². The van der Waals surface area contributed by atoms with Crippen molar-refractivity contribution >= 4 is 11.6 Å². The van der Waals surface area contributed by atoms with E-state index < -0.39 is 5.91 Å². The van der Waals surface area contributed by atoms with Crippen molar-refractivity contribution < 1.29 is 15.0 Å². The summed E-state index contributed by atoms with van der Waals surface area (Å²) < 4.78 is 0. The number of aromatic hydroxyl groups is 2. The normalized spacial score (nSPS) is 10.1. The SMILES string of the molecule is Cc1ccc(NC(=O)c2cc(O)cc(O)c2)cn1. The Morgan fingerprint density at radius 2 is 1.83 bits per heavy atom. The van der Waals surface area contributed by atoms with Crippen molar-refractivity contribution in [3.05, 3.63) is 47.8 Å². The zero-order chi connectivity index (χ0) is 13.1. The molecule has 92 valence electrons. The number of hydrogen-bond acceptors (Lipinski definition) is 4. The van der Waals surface area contributed by atoms with Crippen LogP contribution in [-0.4, -0.2) is 21.1 Å². The lowest BCUT2D eigenvalue weighted by molar-refractivity contribution is 0.102. The van der Waals surface area contributed by atoms with Crippen LogP contribution in [0.25, 0.3) is 0 Å². The van der Waals surface area contributed by atoms with Crippen LogP contribution in [0.2, 0.25) is 0 Å². The Hall–Kier alpha value is -2.56. The number of aromatic nitrogens is 1. The highest BCUT2D eigenvalue weighted by atomic mass is 16.3. The number of anilines is 1. The Kier molecular flexibility index (Phi) is 3.14. The number of phenolic OH excluding ortho intramolecular Hbond substituents is 2. The Balaban J connectivity index is 2.19. The second kappa shape index (κ2) is 4.75. The summed E-state index contributed by atoms with van der Waals surface area (Å²) in [7, 11) is 0. The molecule has 0 aliphatic heterocycles. The first-order valence-electron chi connectivity index (χ1n) is 5.31. The predicted octanol–water partition coefficient (Wildman–Crippen LogP) is 2.05. The molecule has 0 bridgehead atoms. The summed E-state index contributed by atoms with van der Waals surface area (Å²) in [5.74, 6) is -0.754. The summed E-state index contributed by atoms with van der Waals surface area (Å²) in [5, 5.41) is 21.2. The summed E-state index contributed by atoms with van der Waals surface area (Å²) in [6.45, 7) is 1.85. The Bertz CT molecular complexity index is 559. The van der Waals surface area contributed by atoms with E-state index >= 15 is 0 Å². The number of amides is 1. The minimum Gasteiger partial charge on any atom is -0.508 e. The number of benzene rings is 1. The fourth-order valence-electron chi connectivity index (χ4n) is 1.47. The van der Waals surface area contributed by atoms with E-state index in [9.17, 15) is 15.0 Å². The highest BCUT2D eigenvalue weighted by molar-refractivity contribution is 6.04. The predicted molar refractivity (Wildman–Crippen MR) is 66.7 cm³/mol. The molecule has 0 saturated heterocycles. The molecule has 5 nitrogen and oxygen atoms in total. The lowest BCUT2D eigenvalue weighted by atomic mass is 10.2. The monoisotopic (exact) mass is 244 g/mol. The fraction of sp³-hybridized carbons (Fsp3) is 0.0769. The molecule has 2 aromatic rings. The van der Waals surface area contributed by atoms with Gasteiger partial charge in [0.15, 0.2) is 0 Å². The largest absolute Gasteiger partial charge is 0.508 e. The van der Waals surface area contributed by atoms with Gasteiger partial charge in [0.05, 0.1) is 11.9 Å². The molecule has 0 fully saturated rings. The molecule has 2 rings (SSSR count). The van der Waals surface area contributed by atoms with Crippen LogP contribution in [0.15, 0.2) is 36.5 Å². The van der Waals surface area contributed by atoms with Gasteiger partial charge in [0.1, 0.15) is 11.5 Å². The van der Waals surface area contributed by atoms with Crippen LogP contribution < -0.4 is 5.32 Å². The summed E-state index contributed by atoms with van der Waals surface area (Å²) in [6.07, 6.45) is 1.54. The van der Waals surface area contributed by atoms with E-state index in [1.165, 1.54) is 18.3 Å². The standard InChI is InChI=1S/C13H12N2O3/c1-8-2-3-10(7-14-8)15-13(18)9-4-11(16)6-12(17)5-9/h2-7,16-17H,1H3,(H,15,18). The first kappa shape index (κ1) is 11.9. The third-order valence-electron chi connectivity index (χ3n) is 2.33. The maximum atomic E-state index is 11.8. The van der Waals surface area contributed by atoms with Crippen LogP contribution in [0.4, 0.5) is 5.69 Å². The third kappa shape index (κ3) is 2.76. The first-order valence-corrected chi connectivity index (χ1v) is 5.31. The van der Waals surface area contributed by atoms with Gasteiger partial charge < -0.3 is 15.5 Å². The van der Waals surface area contributed by atoms with Gasteiger partial charge in [-0.25, -0.2) is 0 Å². The van der Waals surface area contributed by atoms with Crippen LogP contribution in [0, 0.1) is 6.92 Å². The van der Waals surface area contributed by atoms with Gasteiger partial charge >= 0.3 is 0 Å². The number of nitrogens with zero attached hydrogens (tertiary/aromatic N) is 1. The highest BCUT2D eigenvalue weighted by Gasteiger charge is 2.08. The fourth-order valence-corrected chi connectivity index (χ4v) is 1.47. The highest BCUT2D eigenvalue weighted by Crippen LogP contribution is 2.21. The average Bonchev–Trinajstić information content (AvgIpc) is 2.31. The molecule has 0 spiro atoms. The Morgan fingerprint density at radius 1 is 1.17 bits per heavy atom. The van der Waals surface area contributed by atoms with Crippen LogP contribution in [0.3, 0.4) is 0 Å². The molecule has 0 saturated carbocycles. The lowest BCUT2D eigenvalue weighted by Crippen LogP contribution is -2.11. The molecular formula is C13H12N2O3. The number of nitrogens with one attached hydrogen (secondary N) is 1. The van der Waals surface area contributed by atoms with Crippen LogP contribution in [0.1, 0.15) is 16.1 Å². The summed E-state index contributed by atoms with van der Waals surface area (Å²) in [4.78, 5) is 15.9. The minimum atomic E-state index is -0.424. The van der Waals surface area contributed by atoms with Gasteiger partial charge in [0, 0.05) is 17.3 Å². The summed E-state index contributed by atoms with van der Waals surface area (Å²) >= 11 is 0. The lowest BCUT2D eigenvalue weighted by Gasteiger charge is -2.06. The number of carbonyl (C=O) groups is 1. The average molecular weight is 244 g/mol. The molecule has 1 heterocycles. The minimum absolute atomic E-state index is 0.165. The van der Waals surface area contributed by atoms with E-state index in [-0.39, 0.29) is 17.1 Å². The molecule has 0 radical (unpaired) electrons. The molecular weight excluding hydrogens is 232 g/mol. The Labute approximate surface area is 104 Å². The van der Waals surface area contributed by atoms with Crippen molar-refractivity contribution in [2.75, 3.05) is 5.32 Å². The van der Waals surface area contributed by atoms with E-state index in [0.717, 1.165) is 11.8 Å². The van der Waals surface area contributed by atoms with E-state index in [4.69, 9.17) is 0 Å². The number of hydrogen-bond donors (Lipinski definition) is 3. The first-order chi connectivity index (χ1) is 8.54. The summed E-state index contributed by atoms with van der Waals surface area (Å²) in [6, 6.07) is 7.20. The van der Waals surface area contributed by atoms with Crippen molar-refractivity contribution in [1.29, 1.82) is 0 Å². The molecule has 0 aliphatic carbocycles. The molecule has 1 aromatic heterocycles. The van der Waals surface area contributed by atoms with Crippen molar-refractivity contribution in [1.82, 2.24) is 4.98 Å². The van der Waals surface area contributed by atoms with Crippen molar-refractivity contribution in [3.63, 3.8) is 0 Å². The maximum Gasteiger partial charge on any atom is 0.255 e. The topological polar surface area (TPSA) is 82.5 Å². The van der Waals surface area contributed by atoms with Gasteiger partial charge in [0.2, 0.25) is 0 Å². The smallest absolute Gasteiger partial charge is 0.255 e. The zero-order valence-electron chi connectivity index (χ0n) is 9.71. The summed E-state index contributed by atoms with van der Waals surface area (Å²) in [5.41, 5.74) is 1.57. The van der Waals surface area contributed by atoms with Gasteiger partial charge in [-0.3, -0.25) is 9.78 Å². The second-order valence-electron chi connectivity index (χ2n) is 3.88. The number of carbonyl (C=O) groups excluding carboxylic acids is 1. The molecule has 1 amide bonds. The number of rotatable bonds is 2. The number of aryl methyl sites for hydroxylation is 1. The molecule has 0 aliphatic rings. The molecule has 0 atom stereocenters. The van der Waals surface area contributed by atoms with Crippen molar-refractivity contribution in [2.24, 2.45) is 0 Å². The van der Waals surface area contributed by atoms with Gasteiger partial charge in [0.25, 0.3) is 5.91 Å². The molecule has 1 aromatic carbocycles. The van der Waals surface area contributed by atoms with Gasteiger partial charge in [-0.05, 0) is 31.2 Å². The zero-order valence-corrected chi connectivity index (χ0v) is 9.71. The van der Waals surface area contributed by atoms with Crippen molar-refractivity contribution in [2.45, 2.75) is 6.92 Å². The number of pyridine rings is 1. The molecule has 0 unspecified atom stereocenters. The second-order valence-corrected chi connectivity index (χ2v) is 3.88. The van der Waals surface area contributed by atoms with Gasteiger partial charge in [-0.15, -0.1) is 0 Å². The van der Waals surface area contributed by atoms with Gasteiger partial charge in [-0.1, -0.05) is 0 Å². The van der Waals surface area contributed by atoms with Crippen LogP contribution in [-0.2, 0) is 0 Å². The maximum absolute atomic E-state index is 11.8. The quantitative estimate of drug-likeness (QED) is 0.755. The third-order valence-corrected chi connectivity index (χ3v) is 2.33. The molecule has 5 heteroatoms. The molecule has 18 heavy (non-hydrogen) atoms. The molecule has 3 N–H and O–H groups in total. The van der Waals surface area contributed by atoms with E-state index in [1.807, 2.05) is 6.92 Å². The number of phenols is 2. The van der Waals surface area contributed by atoms with E-state index in [1.54, 1.807) is 12.1 Å². The van der Waals surface area contributed by atoms with Crippen molar-refractivity contribution in [3.8, 4) is 11.5 Å². The van der Waals surface area contributed by atoms with E-state index in [0.29, 0.717) is 5.69 Å². The van der Waals surface area contributed by atoms with Crippen LogP contribution >= 0.6 is 0 Å². The van der Waals surface area contributed by atoms with Gasteiger partial charge in [-0.2, -0.15) is 0 Å².